The number of benzene rings is 1. The molecule has 1 aliphatic heterocycles. The van der Waals surface area contributed by atoms with Crippen molar-refractivity contribution in [3.05, 3.63) is 35.7 Å². The molecule has 1 aromatic heterocycles. The van der Waals surface area contributed by atoms with Gasteiger partial charge in [-0.05, 0) is 44.9 Å². The summed E-state index contributed by atoms with van der Waals surface area (Å²) in [6, 6.07) is 5.84. The lowest BCUT2D eigenvalue weighted by Crippen LogP contribution is -2.43. The number of hydrogen-bond donors (Lipinski definition) is 2. The van der Waals surface area contributed by atoms with E-state index in [9.17, 15) is 18.0 Å². The average molecular weight is 406 g/mol. The minimum atomic E-state index is -3.91. The molecule has 2 N–H and O–H groups in total. The Labute approximate surface area is 163 Å². The zero-order valence-corrected chi connectivity index (χ0v) is 16.7. The zero-order chi connectivity index (χ0) is 20.5. The van der Waals surface area contributed by atoms with Crippen molar-refractivity contribution in [3.8, 4) is 0 Å². The van der Waals surface area contributed by atoms with Crippen LogP contribution in [0, 0.1) is 13.8 Å². The number of hydrogen-bond acceptors (Lipinski definition) is 6. The fourth-order valence-electron chi connectivity index (χ4n) is 3.35. The molecule has 150 valence electrons. The highest BCUT2D eigenvalue weighted by Crippen LogP contribution is 2.30. The van der Waals surface area contributed by atoms with Gasteiger partial charge in [0.05, 0.1) is 0 Å². The first kappa shape index (κ1) is 20.0. The minimum absolute atomic E-state index is 0.0138. The Morgan fingerprint density at radius 1 is 1.21 bits per heavy atom. The summed E-state index contributed by atoms with van der Waals surface area (Å²) in [5.74, 6) is -0.449. The van der Waals surface area contributed by atoms with Crippen LogP contribution in [-0.2, 0) is 19.6 Å². The number of amides is 2. The molecule has 2 amide bonds. The number of carbonyl (C=O) groups excluding carboxylic acids is 2. The van der Waals surface area contributed by atoms with Gasteiger partial charge in [0.15, 0.2) is 5.76 Å². The van der Waals surface area contributed by atoms with Crippen LogP contribution in [0.3, 0.4) is 0 Å². The van der Waals surface area contributed by atoms with Crippen LogP contribution >= 0.6 is 0 Å². The summed E-state index contributed by atoms with van der Waals surface area (Å²) in [5, 5.41) is 9.09. The van der Waals surface area contributed by atoms with Gasteiger partial charge in [-0.25, -0.2) is 8.42 Å². The molecule has 0 bridgehead atoms. The van der Waals surface area contributed by atoms with Crippen molar-refractivity contribution in [2.75, 3.05) is 17.2 Å². The molecule has 10 heteroatoms. The third-order valence-electron chi connectivity index (χ3n) is 4.49. The van der Waals surface area contributed by atoms with Crippen LogP contribution in [0.25, 0.3) is 0 Å². The van der Waals surface area contributed by atoms with Gasteiger partial charge >= 0.3 is 0 Å². The number of carbonyl (C=O) groups is 2. The van der Waals surface area contributed by atoms with Gasteiger partial charge in [0.1, 0.15) is 16.6 Å². The van der Waals surface area contributed by atoms with Gasteiger partial charge in [-0.2, -0.15) is 4.31 Å². The van der Waals surface area contributed by atoms with E-state index < -0.39 is 22.0 Å². The molecule has 3 rings (SSSR count). The predicted molar refractivity (Wildman–Crippen MR) is 102 cm³/mol. The summed E-state index contributed by atoms with van der Waals surface area (Å²) < 4.78 is 32.3. The number of anilines is 2. The van der Waals surface area contributed by atoms with Crippen molar-refractivity contribution in [1.29, 1.82) is 0 Å². The highest BCUT2D eigenvalue weighted by molar-refractivity contribution is 7.89. The monoisotopic (exact) mass is 406 g/mol. The van der Waals surface area contributed by atoms with Crippen molar-refractivity contribution in [3.63, 3.8) is 0 Å². The van der Waals surface area contributed by atoms with Gasteiger partial charge in [-0.1, -0.05) is 11.2 Å². The van der Waals surface area contributed by atoms with Crippen molar-refractivity contribution >= 4 is 33.2 Å². The number of nitrogens with zero attached hydrogens (tertiary/aromatic N) is 2. The van der Waals surface area contributed by atoms with Crippen LogP contribution in [0.1, 0.15) is 31.2 Å². The highest BCUT2D eigenvalue weighted by Gasteiger charge is 2.41. The molecule has 1 unspecified atom stereocenters. The Kier molecular flexibility index (Phi) is 5.52. The molecule has 0 radical (unpaired) electrons. The zero-order valence-electron chi connectivity index (χ0n) is 15.9. The van der Waals surface area contributed by atoms with Crippen molar-refractivity contribution < 1.29 is 22.5 Å². The summed E-state index contributed by atoms with van der Waals surface area (Å²) in [6.45, 7) is 4.73. The molecule has 1 aromatic carbocycles. The van der Waals surface area contributed by atoms with E-state index in [1.54, 1.807) is 31.2 Å². The molecule has 2 aromatic rings. The lowest BCUT2D eigenvalue weighted by atomic mass is 10.2. The Morgan fingerprint density at radius 3 is 2.50 bits per heavy atom. The Hall–Kier alpha value is -2.72. The predicted octanol–water partition coefficient (Wildman–Crippen LogP) is 2.04. The smallest absolute Gasteiger partial charge is 0.249 e. The van der Waals surface area contributed by atoms with Crippen LogP contribution in [0.5, 0.6) is 0 Å². The van der Waals surface area contributed by atoms with Gasteiger partial charge in [0.25, 0.3) is 0 Å². The van der Waals surface area contributed by atoms with Crippen molar-refractivity contribution in [2.24, 2.45) is 0 Å². The van der Waals surface area contributed by atoms with Gasteiger partial charge in [-0.3, -0.25) is 9.59 Å². The number of aryl methyl sites for hydroxylation is 2. The largest absolute Gasteiger partial charge is 0.360 e. The standard InChI is InChI=1S/C18H22N4O5S/c1-11-17(12(2)27-21-11)28(25,26)22-9-5-8-16(22)18(24)20-15-7-4-6-14(10-15)19-13(3)23/h4,6-7,10,16H,5,8-9H2,1-3H3,(H,19,23)(H,20,24). The van der Waals surface area contributed by atoms with Crippen LogP contribution in [0.2, 0.25) is 0 Å². The summed E-state index contributed by atoms with van der Waals surface area (Å²) in [5.41, 5.74) is 1.28. The molecule has 9 nitrogen and oxygen atoms in total. The molecular formula is C18H22N4O5S. The quantitative estimate of drug-likeness (QED) is 0.784. The van der Waals surface area contributed by atoms with E-state index in [0.29, 0.717) is 24.2 Å². The molecule has 1 saturated heterocycles. The maximum Gasteiger partial charge on any atom is 0.249 e. The Balaban J connectivity index is 1.81. The van der Waals surface area contributed by atoms with Crippen LogP contribution in [-0.4, -0.2) is 42.3 Å². The lowest BCUT2D eigenvalue weighted by molar-refractivity contribution is -0.119. The van der Waals surface area contributed by atoms with E-state index in [4.69, 9.17) is 4.52 Å². The molecule has 0 aliphatic carbocycles. The van der Waals surface area contributed by atoms with Gasteiger partial charge in [-0.15, -0.1) is 0 Å². The van der Waals surface area contributed by atoms with Crippen molar-refractivity contribution in [1.82, 2.24) is 9.46 Å². The number of aromatic nitrogens is 1. The number of sulfonamides is 1. The van der Waals surface area contributed by atoms with E-state index in [1.807, 2.05) is 0 Å². The topological polar surface area (TPSA) is 122 Å². The third-order valence-corrected chi connectivity index (χ3v) is 6.64. The van der Waals surface area contributed by atoms with Crippen molar-refractivity contribution in [2.45, 2.75) is 44.6 Å². The third kappa shape index (κ3) is 3.92. The van der Waals surface area contributed by atoms with Crippen LogP contribution in [0.15, 0.2) is 33.7 Å². The minimum Gasteiger partial charge on any atom is -0.360 e. The van der Waals surface area contributed by atoms with Gasteiger partial charge in [0.2, 0.25) is 21.8 Å². The fourth-order valence-corrected chi connectivity index (χ4v) is 5.30. The first-order valence-corrected chi connectivity index (χ1v) is 10.3. The van der Waals surface area contributed by atoms with Crippen LogP contribution in [0.4, 0.5) is 11.4 Å². The lowest BCUT2D eigenvalue weighted by Gasteiger charge is -2.23. The Bertz CT molecular complexity index is 995. The number of nitrogens with one attached hydrogen (secondary N) is 2. The van der Waals surface area contributed by atoms with Crippen LogP contribution < -0.4 is 10.6 Å². The number of rotatable bonds is 5. The normalized spacial score (nSPS) is 17.5. The second kappa shape index (κ2) is 7.72. The molecular weight excluding hydrogens is 384 g/mol. The second-order valence-corrected chi connectivity index (χ2v) is 8.51. The molecule has 1 fully saturated rings. The summed E-state index contributed by atoms with van der Waals surface area (Å²) in [7, 11) is -3.91. The van der Waals surface area contributed by atoms with E-state index in [2.05, 4.69) is 15.8 Å². The first-order valence-electron chi connectivity index (χ1n) is 8.83. The van der Waals surface area contributed by atoms with E-state index in [0.717, 1.165) is 0 Å². The maximum absolute atomic E-state index is 13.1. The molecule has 0 saturated carbocycles. The average Bonchev–Trinajstić information content (AvgIpc) is 3.22. The molecule has 2 heterocycles. The van der Waals surface area contributed by atoms with E-state index >= 15 is 0 Å². The molecule has 1 atom stereocenters. The van der Waals surface area contributed by atoms with E-state index in [1.165, 1.54) is 18.2 Å². The summed E-state index contributed by atoms with van der Waals surface area (Å²) in [6.07, 6.45) is 0.993. The molecule has 28 heavy (non-hydrogen) atoms. The molecule has 0 spiro atoms. The summed E-state index contributed by atoms with van der Waals surface area (Å²) >= 11 is 0. The maximum atomic E-state index is 13.1. The van der Waals surface area contributed by atoms with E-state index in [-0.39, 0.29) is 28.8 Å². The summed E-state index contributed by atoms with van der Waals surface area (Å²) in [4.78, 5) is 24.0. The SMILES string of the molecule is CC(=O)Nc1cccc(NC(=O)C2CCCN2S(=O)(=O)c2c(C)noc2C)c1. The van der Waals surface area contributed by atoms with Gasteiger partial charge in [0, 0.05) is 24.8 Å². The fraction of sp³-hybridized carbons (Fsp3) is 0.389. The second-order valence-electron chi connectivity index (χ2n) is 6.68. The van der Waals surface area contributed by atoms with Gasteiger partial charge < -0.3 is 15.2 Å². The molecule has 1 aliphatic rings. The Morgan fingerprint density at radius 2 is 1.89 bits per heavy atom. The first-order chi connectivity index (χ1) is 13.2. The highest BCUT2D eigenvalue weighted by atomic mass is 32.2.